The minimum atomic E-state index is -0.520. The molecule has 0 radical (unpaired) electrons. The van der Waals surface area contributed by atoms with Gasteiger partial charge in [0.25, 0.3) is 5.69 Å². The highest BCUT2D eigenvalue weighted by atomic mass is 16.6. The van der Waals surface area contributed by atoms with Gasteiger partial charge in [-0.25, -0.2) is 0 Å². The van der Waals surface area contributed by atoms with Crippen LogP contribution in [0, 0.1) is 10.1 Å². The molecule has 0 spiro atoms. The van der Waals surface area contributed by atoms with E-state index in [1.807, 2.05) is 0 Å². The Morgan fingerprint density at radius 2 is 2.05 bits per heavy atom. The molecule has 1 heterocycles. The van der Waals surface area contributed by atoms with Gasteiger partial charge in [0.2, 0.25) is 5.88 Å². The first-order chi connectivity index (χ1) is 9.61. The van der Waals surface area contributed by atoms with Crippen LogP contribution in [0.25, 0.3) is 0 Å². The summed E-state index contributed by atoms with van der Waals surface area (Å²) in [5, 5.41) is 29.4. The third-order valence-electron chi connectivity index (χ3n) is 2.33. The summed E-state index contributed by atoms with van der Waals surface area (Å²) in [6.07, 6.45) is 1.36. The van der Waals surface area contributed by atoms with Crippen LogP contribution in [0.4, 0.5) is 5.69 Å². The lowest BCUT2D eigenvalue weighted by Gasteiger charge is -2.07. The predicted octanol–water partition coefficient (Wildman–Crippen LogP) is 1.27. The van der Waals surface area contributed by atoms with Crippen molar-refractivity contribution in [2.45, 2.75) is 0 Å². The summed E-state index contributed by atoms with van der Waals surface area (Å²) in [5.41, 5.74) is 5.66. The van der Waals surface area contributed by atoms with Crippen LogP contribution >= 0.6 is 0 Å². The third-order valence-corrected chi connectivity index (χ3v) is 2.33. The lowest BCUT2D eigenvalue weighted by Crippen LogP contribution is -2.15. The van der Waals surface area contributed by atoms with E-state index in [1.165, 1.54) is 36.5 Å². The molecule has 2 rings (SSSR count). The molecule has 0 saturated heterocycles. The van der Waals surface area contributed by atoms with E-state index in [1.54, 1.807) is 0 Å². The quantitative estimate of drug-likeness (QED) is 0.282. The number of nitrogens with two attached hydrogens (primary N) is 1. The number of aromatic nitrogens is 2. The number of nitro benzene ring substituents is 1. The zero-order chi connectivity index (χ0) is 14.5. The van der Waals surface area contributed by atoms with Crippen LogP contribution in [0.3, 0.4) is 0 Å². The van der Waals surface area contributed by atoms with Crippen molar-refractivity contribution in [1.29, 1.82) is 0 Å². The van der Waals surface area contributed by atoms with Crippen molar-refractivity contribution in [3.63, 3.8) is 0 Å². The maximum absolute atomic E-state index is 10.5. The van der Waals surface area contributed by atoms with E-state index in [9.17, 15) is 10.1 Å². The van der Waals surface area contributed by atoms with E-state index >= 15 is 0 Å². The van der Waals surface area contributed by atoms with Crippen LogP contribution in [-0.2, 0) is 0 Å². The fraction of sp³-hybridized carbons (Fsp3) is 0. The Labute approximate surface area is 112 Å². The first-order valence-electron chi connectivity index (χ1n) is 5.33. The number of rotatable bonds is 4. The Morgan fingerprint density at radius 3 is 2.65 bits per heavy atom. The molecule has 0 aliphatic carbocycles. The summed E-state index contributed by atoms with van der Waals surface area (Å²) in [6, 6.07) is 6.85. The topological polar surface area (TPSA) is 137 Å². The lowest BCUT2D eigenvalue weighted by atomic mass is 10.2. The summed E-state index contributed by atoms with van der Waals surface area (Å²) in [4.78, 5) is 10.0. The van der Waals surface area contributed by atoms with Crippen LogP contribution in [-0.4, -0.2) is 26.2 Å². The minimum Gasteiger partial charge on any atom is -0.437 e. The van der Waals surface area contributed by atoms with Gasteiger partial charge in [0.05, 0.1) is 16.7 Å². The van der Waals surface area contributed by atoms with Crippen molar-refractivity contribution in [1.82, 2.24) is 10.2 Å². The number of nitrogens with zero attached hydrogens (tertiary/aromatic N) is 4. The van der Waals surface area contributed by atoms with Gasteiger partial charge in [-0.3, -0.25) is 10.1 Å². The Morgan fingerprint density at radius 1 is 1.35 bits per heavy atom. The number of hydrogen-bond acceptors (Lipinski definition) is 7. The standard InChI is InChI=1S/C11H9N5O4/c12-10(15-17)9-5-6-13-14-11(9)20-8-3-1-7(2-4-8)16(18)19/h1-6,17H,(H2,12,15). The lowest BCUT2D eigenvalue weighted by molar-refractivity contribution is -0.384. The number of ether oxygens (including phenoxy) is 1. The SMILES string of the molecule is N/C(=N/O)c1ccnnc1Oc1ccc([N+](=O)[O-])cc1. The van der Waals surface area contributed by atoms with Crippen LogP contribution in [0.2, 0.25) is 0 Å². The van der Waals surface area contributed by atoms with Crippen molar-refractivity contribution < 1.29 is 14.9 Å². The molecule has 0 amide bonds. The van der Waals surface area contributed by atoms with Crippen molar-refractivity contribution in [2.24, 2.45) is 10.9 Å². The van der Waals surface area contributed by atoms with E-state index in [4.69, 9.17) is 15.7 Å². The van der Waals surface area contributed by atoms with Gasteiger partial charge in [-0.05, 0) is 18.2 Å². The molecule has 1 aromatic carbocycles. The fourth-order valence-corrected chi connectivity index (χ4v) is 1.39. The largest absolute Gasteiger partial charge is 0.437 e. The maximum Gasteiger partial charge on any atom is 0.269 e. The second-order valence-corrected chi connectivity index (χ2v) is 3.59. The second-order valence-electron chi connectivity index (χ2n) is 3.59. The van der Waals surface area contributed by atoms with Gasteiger partial charge < -0.3 is 15.7 Å². The normalized spacial score (nSPS) is 11.1. The van der Waals surface area contributed by atoms with Crippen LogP contribution in [0.1, 0.15) is 5.56 Å². The molecule has 0 aliphatic rings. The average Bonchev–Trinajstić information content (AvgIpc) is 2.47. The van der Waals surface area contributed by atoms with E-state index in [-0.39, 0.29) is 23.0 Å². The molecule has 102 valence electrons. The first-order valence-corrected chi connectivity index (χ1v) is 5.33. The summed E-state index contributed by atoms with van der Waals surface area (Å²) < 4.78 is 5.40. The Kier molecular flexibility index (Phi) is 3.70. The van der Waals surface area contributed by atoms with Crippen molar-refractivity contribution in [2.75, 3.05) is 0 Å². The Hall–Kier alpha value is -3.23. The molecule has 9 heteroatoms. The molecular formula is C11H9N5O4. The van der Waals surface area contributed by atoms with Crippen LogP contribution in [0.5, 0.6) is 11.6 Å². The molecule has 9 nitrogen and oxygen atoms in total. The molecule has 0 atom stereocenters. The molecule has 20 heavy (non-hydrogen) atoms. The molecular weight excluding hydrogens is 266 g/mol. The highest BCUT2D eigenvalue weighted by Crippen LogP contribution is 2.24. The predicted molar refractivity (Wildman–Crippen MR) is 67.7 cm³/mol. The van der Waals surface area contributed by atoms with Gasteiger partial charge in [-0.15, -0.1) is 5.10 Å². The average molecular weight is 275 g/mol. The zero-order valence-corrected chi connectivity index (χ0v) is 10.0. The molecule has 3 N–H and O–H groups in total. The Bertz CT molecular complexity index is 656. The number of nitro groups is 1. The molecule has 0 bridgehead atoms. The monoisotopic (exact) mass is 275 g/mol. The first kappa shape index (κ1) is 13.2. The fourth-order valence-electron chi connectivity index (χ4n) is 1.39. The van der Waals surface area contributed by atoms with Gasteiger partial charge in [0, 0.05) is 12.1 Å². The highest BCUT2D eigenvalue weighted by Gasteiger charge is 2.12. The molecule has 0 aliphatic heterocycles. The van der Waals surface area contributed by atoms with E-state index < -0.39 is 4.92 Å². The number of non-ortho nitro benzene ring substituents is 1. The molecule has 0 unspecified atom stereocenters. The summed E-state index contributed by atoms with van der Waals surface area (Å²) in [7, 11) is 0. The maximum atomic E-state index is 10.5. The minimum absolute atomic E-state index is 0.0247. The van der Waals surface area contributed by atoms with Gasteiger partial charge in [0.1, 0.15) is 5.75 Å². The summed E-state index contributed by atoms with van der Waals surface area (Å²) in [5.74, 6) is 0.150. The van der Waals surface area contributed by atoms with E-state index in [2.05, 4.69) is 15.4 Å². The number of amidine groups is 1. The van der Waals surface area contributed by atoms with E-state index in [0.717, 1.165) is 0 Å². The van der Waals surface area contributed by atoms with Crippen LogP contribution in [0.15, 0.2) is 41.7 Å². The molecule has 0 fully saturated rings. The molecule has 0 saturated carbocycles. The zero-order valence-electron chi connectivity index (χ0n) is 10.0. The van der Waals surface area contributed by atoms with Crippen molar-refractivity contribution >= 4 is 11.5 Å². The smallest absolute Gasteiger partial charge is 0.269 e. The van der Waals surface area contributed by atoms with Crippen molar-refractivity contribution in [3.05, 3.63) is 52.2 Å². The second kappa shape index (κ2) is 5.61. The summed E-state index contributed by atoms with van der Waals surface area (Å²) in [6.45, 7) is 0. The van der Waals surface area contributed by atoms with Gasteiger partial charge in [-0.1, -0.05) is 5.16 Å². The number of benzene rings is 1. The van der Waals surface area contributed by atoms with E-state index in [0.29, 0.717) is 5.75 Å². The van der Waals surface area contributed by atoms with Gasteiger partial charge in [-0.2, -0.15) is 5.10 Å². The van der Waals surface area contributed by atoms with Crippen LogP contribution < -0.4 is 10.5 Å². The molecule has 2 aromatic rings. The Balaban J connectivity index is 2.28. The number of hydrogen-bond donors (Lipinski definition) is 2. The third kappa shape index (κ3) is 2.77. The van der Waals surface area contributed by atoms with Gasteiger partial charge in [0.15, 0.2) is 5.84 Å². The highest BCUT2D eigenvalue weighted by molar-refractivity contribution is 5.98. The molecule has 1 aromatic heterocycles. The number of oxime groups is 1. The summed E-state index contributed by atoms with van der Waals surface area (Å²) >= 11 is 0. The van der Waals surface area contributed by atoms with Crippen molar-refractivity contribution in [3.8, 4) is 11.6 Å². The van der Waals surface area contributed by atoms with Gasteiger partial charge >= 0.3 is 0 Å².